The van der Waals surface area contributed by atoms with Gasteiger partial charge in [0.2, 0.25) is 5.95 Å². The van der Waals surface area contributed by atoms with Crippen LogP contribution in [0.4, 0.5) is 0 Å². The van der Waals surface area contributed by atoms with Crippen molar-refractivity contribution < 1.29 is 0 Å². The van der Waals surface area contributed by atoms with Crippen LogP contribution in [0.5, 0.6) is 0 Å². The van der Waals surface area contributed by atoms with Gasteiger partial charge < -0.3 is 13.7 Å². The molecule has 0 saturated heterocycles. The fourth-order valence-electron chi connectivity index (χ4n) is 16.9. The highest BCUT2D eigenvalue weighted by atomic mass is 79.9. The zero-order valence-corrected chi connectivity index (χ0v) is 75.8. The number of para-hydroxylation sites is 7. The smallest absolute Gasteiger partial charge is 0.235 e. The number of hydrogen-bond acceptors (Lipinski definition) is 10. The van der Waals surface area contributed by atoms with E-state index in [9.17, 15) is 0 Å². The molecule has 0 aliphatic rings. The molecule has 0 bridgehead atoms. The third-order valence-electron chi connectivity index (χ3n) is 22.5. The van der Waals surface area contributed by atoms with Gasteiger partial charge in [0.15, 0.2) is 0 Å². The van der Waals surface area contributed by atoms with Gasteiger partial charge in [0.05, 0.1) is 100 Å². The number of fused-ring (bicyclic) bond motifs is 16. The van der Waals surface area contributed by atoms with E-state index < -0.39 is 0 Å². The highest BCUT2D eigenvalue weighted by molar-refractivity contribution is 9.11. The summed E-state index contributed by atoms with van der Waals surface area (Å²) < 4.78 is 15.8. The highest BCUT2D eigenvalue weighted by Gasteiger charge is 2.22. The average Bonchev–Trinajstić information content (AvgIpc) is 1.51. The van der Waals surface area contributed by atoms with Crippen LogP contribution in [0.3, 0.4) is 0 Å². The lowest BCUT2D eigenvalue weighted by atomic mass is 10.0. The number of halogens is 5. The summed E-state index contributed by atoms with van der Waals surface area (Å²) in [5.74, 6) is 0.638. The van der Waals surface area contributed by atoms with Crippen molar-refractivity contribution in [3.8, 4) is 73.9 Å². The van der Waals surface area contributed by atoms with Gasteiger partial charge >= 0.3 is 0 Å². The summed E-state index contributed by atoms with van der Waals surface area (Å²) in [5.41, 5.74) is 26.8. The minimum absolute atomic E-state index is 0.638. The number of aromatic nitrogens is 15. The Labute approximate surface area is 775 Å². The van der Waals surface area contributed by atoms with Crippen molar-refractivity contribution in [3.05, 3.63) is 436 Å². The molecule has 14 heterocycles. The van der Waals surface area contributed by atoms with Gasteiger partial charge in [-0.05, 0) is 253 Å². The Kier molecular flexibility index (Phi) is 22.3. The Bertz CT molecular complexity index is 8020. The SMILES string of the molecule is Brc1cc2c(cn1)c1ccccc1n2-c1ccccc1.Brc1ccc2c3ccccc3n(-c3ccccc3)c2n1.Brc1ccc2c3ncccc3n(-c3ccc(-c4cc(-c5ccccn5)nc(-c5ccccn5)c4)cc3)c2c1.Brc1ccc2c3ncccc3n(-c3nc(-c4ccccc4)c4ccccc4n3)c2c1.Brc1cnc2c3ccccc3n(-c3ccccc3)c2c1. The Balaban J connectivity index is 0.0000000999. The normalized spacial score (nSPS) is 11.3. The molecule has 610 valence electrons. The summed E-state index contributed by atoms with van der Waals surface area (Å²) in [5, 5.41) is 9.22. The van der Waals surface area contributed by atoms with Crippen LogP contribution in [0.25, 0.3) is 194 Å². The quantitative estimate of drug-likeness (QED) is 0.128. The summed E-state index contributed by atoms with van der Waals surface area (Å²) in [6.07, 6.45) is 11.0. The van der Waals surface area contributed by atoms with Gasteiger partial charge in [-0.15, -0.1) is 0 Å². The van der Waals surface area contributed by atoms with E-state index in [1.807, 2.05) is 152 Å². The maximum atomic E-state index is 5.05. The van der Waals surface area contributed by atoms with Crippen LogP contribution in [0.2, 0.25) is 0 Å². The molecule has 0 amide bonds. The summed E-state index contributed by atoms with van der Waals surface area (Å²) in [4.78, 5) is 46.9. The average molecular weight is 1980 g/mol. The van der Waals surface area contributed by atoms with E-state index in [2.05, 4.69) is 386 Å². The van der Waals surface area contributed by atoms with E-state index in [-0.39, 0.29) is 0 Å². The monoisotopic (exact) mass is 1970 g/mol. The first-order valence-electron chi connectivity index (χ1n) is 41.3. The van der Waals surface area contributed by atoms with Crippen molar-refractivity contribution in [2.24, 2.45) is 0 Å². The molecule has 0 atom stereocenters. The van der Waals surface area contributed by atoms with E-state index in [0.717, 1.165) is 162 Å². The van der Waals surface area contributed by atoms with Crippen LogP contribution in [0, 0.1) is 0 Å². The number of hydrogen-bond donors (Lipinski definition) is 0. The largest absolute Gasteiger partial charge is 0.309 e. The Hall–Kier alpha value is -14.6. The van der Waals surface area contributed by atoms with Crippen molar-refractivity contribution in [1.82, 2.24) is 72.7 Å². The van der Waals surface area contributed by atoms with Crippen molar-refractivity contribution in [1.29, 1.82) is 0 Å². The molecule has 0 N–H and O–H groups in total. The van der Waals surface area contributed by atoms with E-state index in [1.165, 1.54) is 49.0 Å². The topological polar surface area (TPSA) is 154 Å². The lowest BCUT2D eigenvalue weighted by Gasteiger charge is -2.11. The second kappa shape index (κ2) is 35.4. The lowest BCUT2D eigenvalue weighted by molar-refractivity contribution is 1.01. The molecule has 0 aliphatic carbocycles. The Morgan fingerprint density at radius 2 is 0.641 bits per heavy atom. The van der Waals surface area contributed by atoms with E-state index >= 15 is 0 Å². The van der Waals surface area contributed by atoms with E-state index in [4.69, 9.17) is 15.0 Å². The minimum atomic E-state index is 0.638. The van der Waals surface area contributed by atoms with E-state index in [0.29, 0.717) is 5.95 Å². The van der Waals surface area contributed by atoms with Crippen LogP contribution < -0.4 is 0 Å². The Morgan fingerprint density at radius 3 is 1.24 bits per heavy atom. The molecule has 14 aromatic heterocycles. The van der Waals surface area contributed by atoms with Gasteiger partial charge in [-0.3, -0.25) is 34.1 Å². The molecule has 0 aliphatic heterocycles. The van der Waals surface area contributed by atoms with Crippen LogP contribution in [0.1, 0.15) is 0 Å². The molecule has 25 rings (SSSR count). The van der Waals surface area contributed by atoms with Crippen molar-refractivity contribution in [2.45, 2.75) is 0 Å². The van der Waals surface area contributed by atoms with Crippen LogP contribution in [-0.2, 0) is 0 Å². The standard InChI is InChI=1S/C32H20BrN5.C25H15BrN4.3C17H11BrN2/c33-23-11-14-25-31(20-23)38(30-8-5-17-36-32(25)30)24-12-9-21(10-13-24)22-18-28(26-6-1-3-15-34-26)37-29(19-22)27-7-2-4-16-35-27;26-17-12-13-19-22(15-17)30(21-11-6-14-27-24(19)21)25-28-20-10-5-4-9-18(20)23(29-25)16-7-2-1-3-8-16;18-12-10-16-17(19-11-12)14-8-4-5-9-15(14)20(16)13-6-2-1-3-7-13;18-17-10-16-14(11-19-17)13-8-4-5-9-15(13)20(16)12-6-2-1-3-7-12;18-16-11-10-14-13-8-4-5-9-15(13)20(17(14)19-16)12-6-2-1-3-7-12/h1-20H;1-15H;3*1-11H. The van der Waals surface area contributed by atoms with Gasteiger partial charge in [0.25, 0.3) is 0 Å². The third kappa shape index (κ3) is 15.7. The fraction of sp³-hybridized carbons (Fsp3) is 0. The van der Waals surface area contributed by atoms with Crippen LogP contribution >= 0.6 is 79.6 Å². The molecule has 25 aromatic rings. The predicted molar refractivity (Wildman–Crippen MR) is 540 cm³/mol. The number of rotatable bonds is 9. The number of pyridine rings is 8. The lowest BCUT2D eigenvalue weighted by Crippen LogP contribution is -2.03. The minimum Gasteiger partial charge on any atom is -0.309 e. The first-order chi connectivity index (χ1) is 63.1. The zero-order chi connectivity index (χ0) is 86.1. The maximum absolute atomic E-state index is 5.05. The summed E-state index contributed by atoms with van der Waals surface area (Å²) in [6.45, 7) is 0. The molecular weight excluding hydrogens is 1910 g/mol. The van der Waals surface area contributed by atoms with Gasteiger partial charge in [-0.1, -0.05) is 214 Å². The first kappa shape index (κ1) is 80.5. The molecule has 20 heteroatoms. The second-order valence-corrected chi connectivity index (χ2v) is 34.6. The zero-order valence-electron chi connectivity index (χ0n) is 67.9. The fourth-order valence-corrected chi connectivity index (χ4v) is 18.5. The van der Waals surface area contributed by atoms with Gasteiger partial charge in [0, 0.05) is 122 Å². The molecule has 0 unspecified atom stereocenters. The summed E-state index contributed by atoms with van der Waals surface area (Å²) in [6, 6.07) is 128. The van der Waals surface area contributed by atoms with Gasteiger partial charge in [-0.2, -0.15) is 0 Å². The molecule has 0 saturated carbocycles. The summed E-state index contributed by atoms with van der Waals surface area (Å²) >= 11 is 17.7. The van der Waals surface area contributed by atoms with Crippen LogP contribution in [-0.4, -0.2) is 72.7 Å². The Morgan fingerprint density at radius 1 is 0.203 bits per heavy atom. The third-order valence-corrected chi connectivity index (χ3v) is 24.8. The molecule has 15 nitrogen and oxygen atoms in total. The molecule has 11 aromatic carbocycles. The number of nitrogens with zero attached hydrogens (tertiary/aromatic N) is 15. The van der Waals surface area contributed by atoms with E-state index in [1.54, 1.807) is 12.4 Å². The second-order valence-electron chi connectivity index (χ2n) is 30.2. The molecule has 0 radical (unpaired) electrons. The molecule has 0 spiro atoms. The maximum Gasteiger partial charge on any atom is 0.235 e. The van der Waals surface area contributed by atoms with Crippen molar-refractivity contribution in [3.63, 3.8) is 0 Å². The first-order valence-corrected chi connectivity index (χ1v) is 45.2. The van der Waals surface area contributed by atoms with Crippen molar-refractivity contribution in [2.75, 3.05) is 0 Å². The molecule has 0 fully saturated rings. The molecular formula is C108H68Br5N15. The highest BCUT2D eigenvalue weighted by Crippen LogP contribution is 2.41. The molecule has 128 heavy (non-hydrogen) atoms. The predicted octanol–water partition coefficient (Wildman–Crippen LogP) is 29.5. The van der Waals surface area contributed by atoms with Gasteiger partial charge in [-0.25, -0.2) is 24.9 Å². The van der Waals surface area contributed by atoms with Crippen molar-refractivity contribution >= 4 is 200 Å². The van der Waals surface area contributed by atoms with Crippen LogP contribution in [0.15, 0.2) is 436 Å². The van der Waals surface area contributed by atoms with Gasteiger partial charge in [0.1, 0.15) is 14.9 Å². The number of benzene rings is 11. The summed E-state index contributed by atoms with van der Waals surface area (Å²) in [7, 11) is 0.